The van der Waals surface area contributed by atoms with Gasteiger partial charge in [-0.2, -0.15) is 0 Å². The van der Waals surface area contributed by atoms with Crippen molar-refractivity contribution in [3.05, 3.63) is 35.4 Å². The number of rotatable bonds is 2. The average Bonchev–Trinajstić information content (AvgIpc) is 2.15. The summed E-state index contributed by atoms with van der Waals surface area (Å²) < 4.78 is 0. The van der Waals surface area contributed by atoms with E-state index in [1.165, 1.54) is 0 Å². The molecule has 15 heavy (non-hydrogen) atoms. The third-order valence-corrected chi connectivity index (χ3v) is 2.60. The summed E-state index contributed by atoms with van der Waals surface area (Å²) in [6.45, 7) is 6.16. The van der Waals surface area contributed by atoms with Crippen molar-refractivity contribution in [2.24, 2.45) is 0 Å². The Balaban J connectivity index is 3.25. The second-order valence-electron chi connectivity index (χ2n) is 4.46. The highest BCUT2D eigenvalue weighted by molar-refractivity contribution is 6.55. The fraction of sp³-hybridized carbons (Fsp3) is 0.417. The van der Waals surface area contributed by atoms with Crippen LogP contribution in [0.5, 0.6) is 0 Å². The van der Waals surface area contributed by atoms with Crippen LogP contribution in [0.25, 0.3) is 0 Å². The number of hydrogen-bond donors (Lipinski definition) is 0. The second-order valence-corrected chi connectivity index (χ2v) is 5.56. The lowest BCUT2D eigenvalue weighted by Crippen LogP contribution is -2.19. The maximum Gasteiger partial charge on any atom is 0.195 e. The summed E-state index contributed by atoms with van der Waals surface area (Å²) in [7, 11) is 0. The lowest BCUT2D eigenvalue weighted by atomic mass is 9.83. The molecule has 0 saturated carbocycles. The first-order chi connectivity index (χ1) is 6.84. The van der Waals surface area contributed by atoms with Gasteiger partial charge in [-0.15, -0.1) is 0 Å². The molecular weight excluding hydrogens is 231 g/mol. The summed E-state index contributed by atoms with van der Waals surface area (Å²) in [5.41, 5.74) is 1.50. The number of hydrogen-bond acceptors (Lipinski definition) is 1. The molecule has 3 heteroatoms. The van der Waals surface area contributed by atoms with E-state index in [1.807, 2.05) is 18.2 Å². The van der Waals surface area contributed by atoms with Crippen molar-refractivity contribution in [2.75, 3.05) is 0 Å². The Labute approximate surface area is 100 Å². The molecule has 0 amide bonds. The summed E-state index contributed by atoms with van der Waals surface area (Å²) in [6.07, 6.45) is 0. The van der Waals surface area contributed by atoms with Crippen LogP contribution in [0.3, 0.4) is 0 Å². The first-order valence-corrected chi connectivity index (χ1v) is 5.63. The van der Waals surface area contributed by atoms with E-state index in [-0.39, 0.29) is 11.2 Å². The largest absolute Gasteiger partial charge is 0.291 e. The van der Waals surface area contributed by atoms with Gasteiger partial charge >= 0.3 is 0 Å². The van der Waals surface area contributed by atoms with Crippen LogP contribution < -0.4 is 0 Å². The first kappa shape index (κ1) is 12.5. The van der Waals surface area contributed by atoms with Gasteiger partial charge in [-0.3, -0.25) is 4.79 Å². The van der Waals surface area contributed by atoms with Crippen LogP contribution in [0.1, 0.15) is 36.7 Å². The molecular formula is C12H14Cl2O. The molecule has 0 spiro atoms. The van der Waals surface area contributed by atoms with Crippen molar-refractivity contribution in [1.29, 1.82) is 0 Å². The molecule has 0 aromatic heterocycles. The minimum atomic E-state index is -0.992. The van der Waals surface area contributed by atoms with Crippen molar-refractivity contribution in [2.45, 2.75) is 31.0 Å². The maximum absolute atomic E-state index is 11.7. The maximum atomic E-state index is 11.7. The molecule has 82 valence electrons. The van der Waals surface area contributed by atoms with Gasteiger partial charge in [-0.25, -0.2) is 0 Å². The molecule has 0 fully saturated rings. The van der Waals surface area contributed by atoms with Crippen molar-refractivity contribution < 1.29 is 4.79 Å². The van der Waals surface area contributed by atoms with Crippen LogP contribution in [0.4, 0.5) is 0 Å². The zero-order chi connectivity index (χ0) is 11.6. The molecule has 1 rings (SSSR count). The summed E-state index contributed by atoms with van der Waals surface area (Å²) in [5, 5.41) is 0. The van der Waals surface area contributed by atoms with Crippen LogP contribution in [-0.2, 0) is 5.41 Å². The molecule has 0 aliphatic heterocycles. The fourth-order valence-corrected chi connectivity index (χ4v) is 1.70. The van der Waals surface area contributed by atoms with Gasteiger partial charge in [0, 0.05) is 5.56 Å². The Hall–Kier alpha value is -0.530. The van der Waals surface area contributed by atoms with Crippen LogP contribution in [-0.4, -0.2) is 10.6 Å². The molecule has 0 bridgehead atoms. The van der Waals surface area contributed by atoms with Gasteiger partial charge in [0.05, 0.1) is 0 Å². The standard InChI is InChI=1S/C12H14Cl2O/c1-12(2,3)9-7-5-4-6-8(9)10(15)11(13)14/h4-7,11H,1-3H3. The SMILES string of the molecule is CC(C)(C)c1ccccc1C(=O)C(Cl)Cl. The number of carbonyl (C=O) groups excluding carboxylic acids is 1. The third kappa shape index (κ3) is 2.96. The lowest BCUT2D eigenvalue weighted by molar-refractivity contribution is 0.100. The third-order valence-electron chi connectivity index (χ3n) is 2.20. The summed E-state index contributed by atoms with van der Waals surface area (Å²) in [5.74, 6) is -0.233. The Kier molecular flexibility index (Phi) is 3.80. The lowest BCUT2D eigenvalue weighted by Gasteiger charge is -2.22. The number of ketones is 1. The van der Waals surface area contributed by atoms with Gasteiger partial charge in [-0.1, -0.05) is 68.2 Å². The predicted molar refractivity (Wildman–Crippen MR) is 65.0 cm³/mol. The van der Waals surface area contributed by atoms with E-state index >= 15 is 0 Å². The fourth-order valence-electron chi connectivity index (χ4n) is 1.47. The zero-order valence-electron chi connectivity index (χ0n) is 9.05. The topological polar surface area (TPSA) is 17.1 Å². The molecule has 1 nitrogen and oxygen atoms in total. The number of halogens is 2. The molecule has 0 radical (unpaired) electrons. The van der Waals surface area contributed by atoms with Crippen LogP contribution >= 0.6 is 23.2 Å². The van der Waals surface area contributed by atoms with Gasteiger partial charge in [0.15, 0.2) is 10.6 Å². The van der Waals surface area contributed by atoms with E-state index in [2.05, 4.69) is 20.8 Å². The zero-order valence-corrected chi connectivity index (χ0v) is 10.6. The molecule has 0 aliphatic rings. The second kappa shape index (κ2) is 4.54. The summed E-state index contributed by atoms with van der Waals surface area (Å²) in [4.78, 5) is 10.8. The van der Waals surface area contributed by atoms with Crippen LogP contribution in [0, 0.1) is 0 Å². The Morgan fingerprint density at radius 1 is 1.20 bits per heavy atom. The quantitative estimate of drug-likeness (QED) is 0.569. The van der Waals surface area contributed by atoms with Crippen LogP contribution in [0.2, 0.25) is 0 Å². The Morgan fingerprint density at radius 3 is 2.20 bits per heavy atom. The smallest absolute Gasteiger partial charge is 0.195 e. The van der Waals surface area contributed by atoms with Gasteiger partial charge < -0.3 is 0 Å². The van der Waals surface area contributed by atoms with Crippen molar-refractivity contribution in [1.82, 2.24) is 0 Å². The van der Waals surface area contributed by atoms with Crippen LogP contribution in [0.15, 0.2) is 24.3 Å². The molecule has 1 aromatic carbocycles. The molecule has 0 unspecified atom stereocenters. The summed E-state index contributed by atoms with van der Waals surface area (Å²) in [6, 6.07) is 7.43. The Bertz CT molecular complexity index is 364. The number of Topliss-reactive ketones (excluding diaryl/α,β-unsaturated/α-hetero) is 1. The van der Waals surface area contributed by atoms with Gasteiger partial charge in [0.2, 0.25) is 0 Å². The number of carbonyl (C=O) groups is 1. The molecule has 0 aliphatic carbocycles. The van der Waals surface area contributed by atoms with Gasteiger partial charge in [0.25, 0.3) is 0 Å². The molecule has 1 aromatic rings. The van der Waals surface area contributed by atoms with Gasteiger partial charge in [0.1, 0.15) is 0 Å². The molecule has 0 atom stereocenters. The van der Waals surface area contributed by atoms with Crippen molar-refractivity contribution in [3.8, 4) is 0 Å². The number of benzene rings is 1. The molecule has 0 saturated heterocycles. The van der Waals surface area contributed by atoms with E-state index in [4.69, 9.17) is 23.2 Å². The summed E-state index contributed by atoms with van der Waals surface area (Å²) >= 11 is 11.2. The van der Waals surface area contributed by atoms with E-state index in [0.29, 0.717) is 5.56 Å². The highest BCUT2D eigenvalue weighted by Gasteiger charge is 2.23. The highest BCUT2D eigenvalue weighted by atomic mass is 35.5. The number of alkyl halides is 2. The molecule has 0 heterocycles. The average molecular weight is 245 g/mol. The predicted octanol–water partition coefficient (Wildman–Crippen LogP) is 3.97. The van der Waals surface area contributed by atoms with E-state index in [0.717, 1.165) is 5.56 Å². The van der Waals surface area contributed by atoms with Crippen molar-refractivity contribution >= 4 is 29.0 Å². The minimum absolute atomic E-state index is 0.0884. The van der Waals surface area contributed by atoms with E-state index in [1.54, 1.807) is 6.07 Å². The highest BCUT2D eigenvalue weighted by Crippen LogP contribution is 2.27. The van der Waals surface area contributed by atoms with E-state index < -0.39 is 4.84 Å². The monoisotopic (exact) mass is 244 g/mol. The van der Waals surface area contributed by atoms with Crippen molar-refractivity contribution in [3.63, 3.8) is 0 Å². The Morgan fingerprint density at radius 2 is 1.73 bits per heavy atom. The molecule has 0 N–H and O–H groups in total. The van der Waals surface area contributed by atoms with E-state index in [9.17, 15) is 4.79 Å². The minimum Gasteiger partial charge on any atom is -0.291 e. The normalized spacial score (nSPS) is 11.9. The first-order valence-electron chi connectivity index (χ1n) is 4.76. The van der Waals surface area contributed by atoms with Gasteiger partial charge in [-0.05, 0) is 11.0 Å².